The Bertz CT molecular complexity index is 1180. The van der Waals surface area contributed by atoms with Crippen LogP contribution in [0, 0.1) is 0 Å². The van der Waals surface area contributed by atoms with Gasteiger partial charge in [-0.3, -0.25) is 9.36 Å². The third-order valence-corrected chi connectivity index (χ3v) is 5.65. The molecule has 0 fully saturated rings. The molecule has 162 valence electrons. The molecule has 0 radical (unpaired) electrons. The van der Waals surface area contributed by atoms with Gasteiger partial charge in [0.1, 0.15) is 11.9 Å². The molecule has 1 amide bonds. The van der Waals surface area contributed by atoms with E-state index in [1.54, 1.807) is 23.8 Å². The molecule has 0 saturated heterocycles. The average Bonchev–Trinajstić information content (AvgIpc) is 3.27. The summed E-state index contributed by atoms with van der Waals surface area (Å²) < 4.78 is 6.97. The highest BCUT2D eigenvalue weighted by Gasteiger charge is 2.22. The SMILES string of the molecule is COc1cccc(NC(=O)CSc2nnc([C@@H](O)c3ccccc3)n2-c2ccccc2)c1. The number of thioether (sulfide) groups is 1. The highest BCUT2D eigenvalue weighted by Crippen LogP contribution is 2.28. The zero-order valence-electron chi connectivity index (χ0n) is 17.4. The van der Waals surface area contributed by atoms with Gasteiger partial charge in [0.15, 0.2) is 11.0 Å². The quantitative estimate of drug-likeness (QED) is 0.396. The van der Waals surface area contributed by atoms with Gasteiger partial charge < -0.3 is 15.2 Å². The maximum absolute atomic E-state index is 12.5. The number of carbonyl (C=O) groups is 1. The number of nitrogens with one attached hydrogen (secondary N) is 1. The van der Waals surface area contributed by atoms with E-state index in [0.29, 0.717) is 28.0 Å². The lowest BCUT2D eigenvalue weighted by atomic mass is 10.1. The van der Waals surface area contributed by atoms with Crippen molar-refractivity contribution in [2.45, 2.75) is 11.3 Å². The summed E-state index contributed by atoms with van der Waals surface area (Å²) in [6.07, 6.45) is -0.955. The van der Waals surface area contributed by atoms with Gasteiger partial charge in [-0.25, -0.2) is 0 Å². The third-order valence-electron chi connectivity index (χ3n) is 4.72. The summed E-state index contributed by atoms with van der Waals surface area (Å²) in [7, 11) is 1.58. The first-order valence-electron chi connectivity index (χ1n) is 9.96. The number of hydrogen-bond acceptors (Lipinski definition) is 6. The van der Waals surface area contributed by atoms with E-state index in [1.807, 2.05) is 72.8 Å². The molecule has 0 aliphatic rings. The summed E-state index contributed by atoms with van der Waals surface area (Å²) in [6, 6.07) is 26.0. The molecule has 7 nitrogen and oxygen atoms in total. The van der Waals surface area contributed by atoms with Crippen molar-refractivity contribution in [2.75, 3.05) is 18.2 Å². The van der Waals surface area contributed by atoms with Crippen LogP contribution < -0.4 is 10.1 Å². The molecule has 0 bridgehead atoms. The Balaban J connectivity index is 1.56. The molecular formula is C24H22N4O3S. The highest BCUT2D eigenvalue weighted by atomic mass is 32.2. The Morgan fingerprint density at radius 3 is 2.47 bits per heavy atom. The molecule has 32 heavy (non-hydrogen) atoms. The van der Waals surface area contributed by atoms with Crippen molar-refractivity contribution in [1.82, 2.24) is 14.8 Å². The maximum Gasteiger partial charge on any atom is 0.234 e. The molecule has 0 aliphatic heterocycles. The fourth-order valence-corrected chi connectivity index (χ4v) is 3.94. The van der Waals surface area contributed by atoms with E-state index >= 15 is 0 Å². The number of aromatic nitrogens is 3. The average molecular weight is 447 g/mol. The molecule has 8 heteroatoms. The van der Waals surface area contributed by atoms with Crippen molar-refractivity contribution < 1.29 is 14.6 Å². The summed E-state index contributed by atoms with van der Waals surface area (Å²) >= 11 is 1.25. The van der Waals surface area contributed by atoms with Crippen LogP contribution in [0.3, 0.4) is 0 Å². The number of carbonyl (C=O) groups excluding carboxylic acids is 1. The Kier molecular flexibility index (Phi) is 6.84. The minimum Gasteiger partial charge on any atom is -0.497 e. The first-order valence-corrected chi connectivity index (χ1v) is 10.9. The topological polar surface area (TPSA) is 89.3 Å². The normalized spacial score (nSPS) is 11.7. The standard InChI is InChI=1S/C24H22N4O3S/c1-31-20-14-8-11-18(15-20)25-21(29)16-32-24-27-26-23(22(30)17-9-4-2-5-10-17)28(24)19-12-6-3-7-13-19/h2-15,22,30H,16H2,1H3,(H,25,29)/t22-/m0/s1. The van der Waals surface area contributed by atoms with Crippen LogP contribution >= 0.6 is 11.8 Å². The number of nitrogens with zero attached hydrogens (tertiary/aromatic N) is 3. The zero-order chi connectivity index (χ0) is 22.3. The predicted octanol–water partition coefficient (Wildman–Crippen LogP) is 4.09. The fraction of sp³-hybridized carbons (Fsp3) is 0.125. The van der Waals surface area contributed by atoms with E-state index in [4.69, 9.17) is 4.74 Å². The minimum absolute atomic E-state index is 0.129. The van der Waals surface area contributed by atoms with Crippen molar-refractivity contribution in [2.24, 2.45) is 0 Å². The molecule has 4 aromatic rings. The smallest absolute Gasteiger partial charge is 0.234 e. The molecule has 1 heterocycles. The molecule has 0 unspecified atom stereocenters. The van der Waals surface area contributed by atoms with Crippen molar-refractivity contribution >= 4 is 23.4 Å². The van der Waals surface area contributed by atoms with Crippen molar-refractivity contribution in [1.29, 1.82) is 0 Å². The van der Waals surface area contributed by atoms with Gasteiger partial charge in [0.25, 0.3) is 0 Å². The Hall–Kier alpha value is -3.62. The fourth-order valence-electron chi connectivity index (χ4n) is 3.18. The zero-order valence-corrected chi connectivity index (χ0v) is 18.2. The van der Waals surface area contributed by atoms with E-state index < -0.39 is 6.10 Å². The highest BCUT2D eigenvalue weighted by molar-refractivity contribution is 7.99. The third kappa shape index (κ3) is 4.99. The number of benzene rings is 3. The minimum atomic E-state index is -0.955. The van der Waals surface area contributed by atoms with Crippen molar-refractivity contribution in [3.8, 4) is 11.4 Å². The first-order chi connectivity index (χ1) is 15.7. The number of aliphatic hydroxyl groups excluding tert-OH is 1. The largest absolute Gasteiger partial charge is 0.497 e. The second kappa shape index (κ2) is 10.1. The lowest BCUT2D eigenvalue weighted by Crippen LogP contribution is -2.15. The van der Waals surface area contributed by atoms with Gasteiger partial charge in [-0.05, 0) is 29.8 Å². The van der Waals surface area contributed by atoms with Gasteiger partial charge in [0, 0.05) is 17.4 Å². The van der Waals surface area contributed by atoms with Gasteiger partial charge in [-0.2, -0.15) is 0 Å². The lowest BCUT2D eigenvalue weighted by Gasteiger charge is -2.14. The van der Waals surface area contributed by atoms with Gasteiger partial charge >= 0.3 is 0 Å². The lowest BCUT2D eigenvalue weighted by molar-refractivity contribution is -0.113. The number of rotatable bonds is 8. The monoisotopic (exact) mass is 446 g/mol. The molecule has 0 saturated carbocycles. The van der Waals surface area contributed by atoms with E-state index in [1.165, 1.54) is 11.8 Å². The molecule has 0 spiro atoms. The van der Waals surface area contributed by atoms with Gasteiger partial charge in [0.2, 0.25) is 5.91 Å². The molecule has 4 rings (SSSR count). The second-order valence-electron chi connectivity index (χ2n) is 6.89. The van der Waals surface area contributed by atoms with Crippen LogP contribution in [-0.4, -0.2) is 38.6 Å². The number of hydrogen-bond donors (Lipinski definition) is 2. The number of para-hydroxylation sites is 1. The first kappa shape index (κ1) is 21.6. The molecule has 0 aliphatic carbocycles. The van der Waals surface area contributed by atoms with E-state index in [-0.39, 0.29) is 11.7 Å². The molecule has 2 N–H and O–H groups in total. The molecule has 1 aromatic heterocycles. The van der Waals surface area contributed by atoms with Crippen LogP contribution in [0.15, 0.2) is 90.1 Å². The summed E-state index contributed by atoms with van der Waals surface area (Å²) in [5, 5.41) is 22.8. The molecule has 1 atom stereocenters. The number of ether oxygens (including phenoxy) is 1. The number of aliphatic hydroxyl groups is 1. The van der Waals surface area contributed by atoms with Crippen LogP contribution in [0.25, 0.3) is 5.69 Å². The Morgan fingerprint density at radius 1 is 1.03 bits per heavy atom. The van der Waals surface area contributed by atoms with Crippen LogP contribution in [0.5, 0.6) is 5.75 Å². The van der Waals surface area contributed by atoms with Crippen molar-refractivity contribution in [3.63, 3.8) is 0 Å². The van der Waals surface area contributed by atoms with Crippen LogP contribution in [0.1, 0.15) is 17.5 Å². The van der Waals surface area contributed by atoms with E-state index in [2.05, 4.69) is 15.5 Å². The number of amides is 1. The molecular weight excluding hydrogens is 424 g/mol. The van der Waals surface area contributed by atoms with E-state index in [0.717, 1.165) is 5.69 Å². The Labute approximate surface area is 190 Å². The summed E-state index contributed by atoms with van der Waals surface area (Å²) in [4.78, 5) is 12.5. The van der Waals surface area contributed by atoms with Crippen LogP contribution in [-0.2, 0) is 4.79 Å². The summed E-state index contributed by atoms with van der Waals surface area (Å²) in [6.45, 7) is 0. The van der Waals surface area contributed by atoms with E-state index in [9.17, 15) is 9.90 Å². The summed E-state index contributed by atoms with van der Waals surface area (Å²) in [5.74, 6) is 0.997. The molecule has 3 aromatic carbocycles. The van der Waals surface area contributed by atoms with Gasteiger partial charge in [0.05, 0.1) is 12.9 Å². The van der Waals surface area contributed by atoms with Crippen LogP contribution in [0.4, 0.5) is 5.69 Å². The number of anilines is 1. The van der Waals surface area contributed by atoms with Crippen molar-refractivity contribution in [3.05, 3.63) is 96.3 Å². The number of methoxy groups -OCH3 is 1. The maximum atomic E-state index is 12.5. The summed E-state index contributed by atoms with van der Waals surface area (Å²) in [5.41, 5.74) is 2.17. The van der Waals surface area contributed by atoms with Gasteiger partial charge in [-0.1, -0.05) is 66.4 Å². The second-order valence-corrected chi connectivity index (χ2v) is 7.84. The predicted molar refractivity (Wildman–Crippen MR) is 124 cm³/mol. The van der Waals surface area contributed by atoms with Crippen LogP contribution in [0.2, 0.25) is 0 Å². The van der Waals surface area contributed by atoms with Gasteiger partial charge in [-0.15, -0.1) is 10.2 Å². The Morgan fingerprint density at radius 2 is 1.75 bits per heavy atom.